The van der Waals surface area contributed by atoms with E-state index in [2.05, 4.69) is 9.71 Å². The third-order valence-electron chi connectivity index (χ3n) is 2.57. The third-order valence-corrected chi connectivity index (χ3v) is 5.04. The van der Waals surface area contributed by atoms with Gasteiger partial charge in [-0.15, -0.1) is 11.3 Å². The van der Waals surface area contributed by atoms with E-state index in [0.29, 0.717) is 5.56 Å². The lowest BCUT2D eigenvalue weighted by molar-refractivity contribution is 0.0703. The maximum Gasteiger partial charge on any atom is 0.348 e. The van der Waals surface area contributed by atoms with Crippen molar-refractivity contribution in [2.24, 2.45) is 0 Å². The minimum atomic E-state index is -4.10. The van der Waals surface area contributed by atoms with E-state index in [9.17, 15) is 13.2 Å². The average Bonchev–Trinajstić information content (AvgIpc) is 2.80. The molecule has 0 aliphatic heterocycles. The van der Waals surface area contributed by atoms with Crippen LogP contribution in [0.25, 0.3) is 0 Å². The maximum atomic E-state index is 12.3. The van der Waals surface area contributed by atoms with Gasteiger partial charge in [0.2, 0.25) is 0 Å². The Kier molecular flexibility index (Phi) is 3.93. The highest BCUT2D eigenvalue weighted by atomic mass is 32.2. The summed E-state index contributed by atoms with van der Waals surface area (Å²) in [6.07, 6.45) is 1.30. The molecule has 0 saturated heterocycles. The Hall–Kier alpha value is -2.44. The highest BCUT2D eigenvalue weighted by Gasteiger charge is 2.24. The van der Waals surface area contributed by atoms with E-state index < -0.39 is 16.0 Å². The second-order valence-electron chi connectivity index (χ2n) is 4.00. The Labute approximate surface area is 124 Å². The number of hydrogen-bond donors (Lipinski definition) is 2. The topological polar surface area (TPSA) is 120 Å². The zero-order chi connectivity index (χ0) is 15.6. The van der Waals surface area contributed by atoms with Gasteiger partial charge in [0.25, 0.3) is 10.0 Å². The number of aromatic carboxylic acids is 1. The summed E-state index contributed by atoms with van der Waals surface area (Å²) in [6, 6.07) is 4.30. The lowest BCUT2D eigenvalue weighted by Crippen LogP contribution is -2.16. The summed E-state index contributed by atoms with van der Waals surface area (Å²) in [5.41, 5.74) is 0.235. The number of carboxylic acid groups (broad SMARTS) is 1. The molecule has 0 unspecified atom stereocenters. The first-order chi connectivity index (χ1) is 9.86. The molecule has 0 aliphatic rings. The number of carbonyl (C=O) groups is 1. The van der Waals surface area contributed by atoms with Gasteiger partial charge >= 0.3 is 5.97 Å². The van der Waals surface area contributed by atoms with Gasteiger partial charge in [0, 0.05) is 6.20 Å². The molecule has 0 spiro atoms. The SMILES string of the molecule is Cc1csc(C(=O)O)c1NS(=O)(=O)c1cccnc1C#N. The molecule has 0 bridgehead atoms. The van der Waals surface area contributed by atoms with Crippen molar-refractivity contribution in [3.8, 4) is 6.07 Å². The number of rotatable bonds is 4. The van der Waals surface area contributed by atoms with Crippen LogP contribution in [0.2, 0.25) is 0 Å². The minimum absolute atomic E-state index is 0.000225. The standard InChI is InChI=1S/C12H9N3O4S2/c1-7-6-20-11(12(16)17)10(7)15-21(18,19)9-3-2-4-14-8(9)5-13/h2-4,6,15H,1H3,(H,16,17). The number of carboxylic acids is 1. The normalized spacial score (nSPS) is 10.9. The molecule has 2 N–H and O–H groups in total. The summed E-state index contributed by atoms with van der Waals surface area (Å²) in [7, 11) is -4.10. The number of nitriles is 1. The molecule has 0 aromatic carbocycles. The Morgan fingerprint density at radius 2 is 2.24 bits per heavy atom. The van der Waals surface area contributed by atoms with Gasteiger partial charge in [0.1, 0.15) is 15.8 Å². The number of nitrogens with zero attached hydrogens (tertiary/aromatic N) is 2. The van der Waals surface area contributed by atoms with Crippen LogP contribution in [0.1, 0.15) is 20.9 Å². The monoisotopic (exact) mass is 323 g/mol. The summed E-state index contributed by atoms with van der Waals surface area (Å²) in [4.78, 5) is 14.4. The molecule has 0 aliphatic carbocycles. The van der Waals surface area contributed by atoms with E-state index in [1.54, 1.807) is 13.0 Å². The molecule has 0 saturated carbocycles. The van der Waals surface area contributed by atoms with Gasteiger partial charge in [0.15, 0.2) is 5.69 Å². The van der Waals surface area contributed by atoms with Crippen molar-refractivity contribution >= 4 is 33.0 Å². The van der Waals surface area contributed by atoms with Crippen LogP contribution in [-0.4, -0.2) is 24.5 Å². The first-order valence-corrected chi connectivity index (χ1v) is 7.92. The van der Waals surface area contributed by atoms with Gasteiger partial charge in [-0.2, -0.15) is 5.26 Å². The molecule has 2 rings (SSSR count). The number of pyridine rings is 1. The molecule has 2 heterocycles. The van der Waals surface area contributed by atoms with Crippen molar-refractivity contribution in [1.82, 2.24) is 4.98 Å². The average molecular weight is 323 g/mol. The second kappa shape index (κ2) is 5.51. The second-order valence-corrected chi connectivity index (χ2v) is 6.53. The smallest absolute Gasteiger partial charge is 0.348 e. The zero-order valence-electron chi connectivity index (χ0n) is 10.7. The van der Waals surface area contributed by atoms with Crippen LogP contribution < -0.4 is 4.72 Å². The van der Waals surface area contributed by atoms with Crippen LogP contribution >= 0.6 is 11.3 Å². The maximum absolute atomic E-state index is 12.3. The Morgan fingerprint density at radius 1 is 1.52 bits per heavy atom. The first kappa shape index (κ1) is 15.0. The number of thiophene rings is 1. The lowest BCUT2D eigenvalue weighted by atomic mass is 10.3. The van der Waals surface area contributed by atoms with Crippen molar-refractivity contribution in [2.75, 3.05) is 4.72 Å². The van der Waals surface area contributed by atoms with Gasteiger partial charge in [-0.3, -0.25) is 4.72 Å². The Bertz CT molecular complexity index is 850. The van der Waals surface area contributed by atoms with E-state index in [1.165, 1.54) is 23.7 Å². The van der Waals surface area contributed by atoms with Crippen LogP contribution in [0, 0.1) is 18.3 Å². The molecule has 21 heavy (non-hydrogen) atoms. The summed E-state index contributed by atoms with van der Waals surface area (Å²) in [6.45, 7) is 1.59. The quantitative estimate of drug-likeness (QED) is 0.885. The summed E-state index contributed by atoms with van der Waals surface area (Å²) in [5, 5.41) is 19.5. The Morgan fingerprint density at radius 3 is 2.86 bits per heavy atom. The molecular formula is C12H9N3O4S2. The number of aromatic nitrogens is 1. The molecule has 2 aromatic rings. The summed E-state index contributed by atoms with van der Waals surface area (Å²) >= 11 is 0.923. The summed E-state index contributed by atoms with van der Waals surface area (Å²) in [5.74, 6) is -1.22. The number of nitrogens with one attached hydrogen (secondary N) is 1. The molecule has 0 amide bonds. The molecular weight excluding hydrogens is 314 g/mol. The minimum Gasteiger partial charge on any atom is -0.477 e. The molecule has 2 aromatic heterocycles. The van der Waals surface area contributed by atoms with Crippen molar-refractivity contribution in [3.63, 3.8) is 0 Å². The third kappa shape index (κ3) is 2.86. The largest absolute Gasteiger partial charge is 0.477 e. The zero-order valence-corrected chi connectivity index (χ0v) is 12.3. The van der Waals surface area contributed by atoms with Crippen LogP contribution in [0.5, 0.6) is 0 Å². The van der Waals surface area contributed by atoms with Gasteiger partial charge in [0.05, 0.1) is 5.69 Å². The fourth-order valence-corrected chi connectivity index (χ4v) is 3.77. The van der Waals surface area contributed by atoms with Gasteiger partial charge in [-0.1, -0.05) is 0 Å². The molecule has 9 heteroatoms. The van der Waals surface area contributed by atoms with Crippen LogP contribution in [0.3, 0.4) is 0 Å². The lowest BCUT2D eigenvalue weighted by Gasteiger charge is -2.09. The van der Waals surface area contributed by atoms with Crippen LogP contribution in [-0.2, 0) is 10.0 Å². The van der Waals surface area contributed by atoms with Crippen molar-refractivity contribution in [1.29, 1.82) is 5.26 Å². The van der Waals surface area contributed by atoms with E-state index in [0.717, 1.165) is 11.3 Å². The molecule has 0 atom stereocenters. The fourth-order valence-electron chi connectivity index (χ4n) is 1.61. The molecule has 0 fully saturated rings. The highest BCUT2D eigenvalue weighted by molar-refractivity contribution is 7.92. The van der Waals surface area contributed by atoms with Crippen molar-refractivity contribution in [2.45, 2.75) is 11.8 Å². The molecule has 108 valence electrons. The number of sulfonamides is 1. The number of anilines is 1. The van der Waals surface area contributed by atoms with E-state index >= 15 is 0 Å². The van der Waals surface area contributed by atoms with Crippen molar-refractivity contribution in [3.05, 3.63) is 39.8 Å². The van der Waals surface area contributed by atoms with Crippen LogP contribution in [0.15, 0.2) is 28.6 Å². The van der Waals surface area contributed by atoms with Crippen LogP contribution in [0.4, 0.5) is 5.69 Å². The van der Waals surface area contributed by atoms with Gasteiger partial charge in [-0.25, -0.2) is 18.2 Å². The van der Waals surface area contributed by atoms with E-state index in [-0.39, 0.29) is 21.2 Å². The van der Waals surface area contributed by atoms with Crippen molar-refractivity contribution < 1.29 is 18.3 Å². The Balaban J connectivity index is 2.51. The number of hydrogen-bond acceptors (Lipinski definition) is 6. The van der Waals surface area contributed by atoms with E-state index in [4.69, 9.17) is 10.4 Å². The highest BCUT2D eigenvalue weighted by Crippen LogP contribution is 2.30. The molecule has 7 nitrogen and oxygen atoms in total. The predicted molar refractivity (Wildman–Crippen MR) is 75.8 cm³/mol. The fraction of sp³-hybridized carbons (Fsp3) is 0.0833. The number of aryl methyl sites for hydroxylation is 1. The van der Waals surface area contributed by atoms with E-state index in [1.807, 2.05) is 0 Å². The van der Waals surface area contributed by atoms with Gasteiger partial charge in [-0.05, 0) is 30.0 Å². The van der Waals surface area contributed by atoms with Gasteiger partial charge < -0.3 is 5.11 Å². The molecule has 0 radical (unpaired) electrons. The summed E-state index contributed by atoms with van der Waals surface area (Å²) < 4.78 is 26.8. The first-order valence-electron chi connectivity index (χ1n) is 5.56. The predicted octanol–water partition coefficient (Wildman–Crippen LogP) is 1.82.